The zero-order chi connectivity index (χ0) is 19.8. The third-order valence-corrected chi connectivity index (χ3v) is 5.93. The molecular formula is C23H25N3O3. The molecule has 1 aromatic carbocycles. The smallest absolute Gasteiger partial charge is 0.256 e. The molecule has 3 aromatic rings. The van der Waals surface area contributed by atoms with Crippen molar-refractivity contribution >= 4 is 16.8 Å². The zero-order valence-corrected chi connectivity index (χ0v) is 16.6. The molecule has 6 nitrogen and oxygen atoms in total. The molecule has 2 aromatic heterocycles. The van der Waals surface area contributed by atoms with E-state index < -0.39 is 0 Å². The average Bonchev–Trinajstić information content (AvgIpc) is 3.14. The molecule has 2 saturated heterocycles. The van der Waals surface area contributed by atoms with Crippen molar-refractivity contribution in [2.24, 2.45) is 0 Å². The van der Waals surface area contributed by atoms with E-state index in [0.717, 1.165) is 40.7 Å². The van der Waals surface area contributed by atoms with Gasteiger partial charge in [0.05, 0.1) is 37.1 Å². The summed E-state index contributed by atoms with van der Waals surface area (Å²) in [5, 5.41) is 0.967. The maximum atomic E-state index is 13.0. The van der Waals surface area contributed by atoms with Gasteiger partial charge < -0.3 is 19.4 Å². The van der Waals surface area contributed by atoms with Crippen molar-refractivity contribution in [3.05, 3.63) is 65.6 Å². The minimum absolute atomic E-state index is 0.0590. The lowest BCUT2D eigenvalue weighted by molar-refractivity contribution is -0.188. The van der Waals surface area contributed by atoms with Crippen molar-refractivity contribution in [2.45, 2.75) is 38.1 Å². The lowest BCUT2D eigenvalue weighted by Gasteiger charge is -2.53. The van der Waals surface area contributed by atoms with Crippen molar-refractivity contribution in [3.63, 3.8) is 0 Å². The molecule has 0 saturated carbocycles. The Labute approximate surface area is 169 Å². The Kier molecular flexibility index (Phi) is 4.60. The van der Waals surface area contributed by atoms with Gasteiger partial charge in [-0.2, -0.15) is 0 Å². The van der Waals surface area contributed by atoms with E-state index in [0.29, 0.717) is 26.3 Å². The molecule has 2 fully saturated rings. The maximum absolute atomic E-state index is 13.0. The second-order valence-electron chi connectivity index (χ2n) is 8.14. The van der Waals surface area contributed by atoms with Crippen LogP contribution >= 0.6 is 0 Å². The fraction of sp³-hybridized carbons (Fsp3) is 0.391. The summed E-state index contributed by atoms with van der Waals surface area (Å²) in [4.78, 5) is 22.5. The number of carbonyl (C=O) groups is 1. The van der Waals surface area contributed by atoms with E-state index in [-0.39, 0.29) is 17.6 Å². The molecule has 29 heavy (non-hydrogen) atoms. The number of pyridine rings is 1. The van der Waals surface area contributed by atoms with Crippen LogP contribution < -0.4 is 0 Å². The molecule has 5 rings (SSSR count). The highest BCUT2D eigenvalue weighted by molar-refractivity contribution is 6.07. The molecular weight excluding hydrogens is 366 g/mol. The number of hydrogen-bond donors (Lipinski definition) is 1. The molecule has 0 aliphatic carbocycles. The highest BCUT2D eigenvalue weighted by Gasteiger charge is 2.49. The van der Waals surface area contributed by atoms with Gasteiger partial charge in [-0.15, -0.1) is 0 Å². The third kappa shape index (κ3) is 3.54. The Morgan fingerprint density at radius 3 is 3.00 bits per heavy atom. The van der Waals surface area contributed by atoms with Crippen molar-refractivity contribution in [1.29, 1.82) is 0 Å². The van der Waals surface area contributed by atoms with E-state index >= 15 is 0 Å². The van der Waals surface area contributed by atoms with Gasteiger partial charge in [0, 0.05) is 35.8 Å². The van der Waals surface area contributed by atoms with Gasteiger partial charge in [-0.3, -0.25) is 9.78 Å². The van der Waals surface area contributed by atoms with Crippen LogP contribution in [0.5, 0.6) is 0 Å². The molecule has 2 aliphatic heterocycles. The van der Waals surface area contributed by atoms with Gasteiger partial charge in [0.2, 0.25) is 0 Å². The molecule has 1 atom stereocenters. The van der Waals surface area contributed by atoms with Gasteiger partial charge in [-0.25, -0.2) is 0 Å². The van der Waals surface area contributed by atoms with Gasteiger partial charge >= 0.3 is 0 Å². The molecule has 2 aliphatic rings. The van der Waals surface area contributed by atoms with Gasteiger partial charge in [0.15, 0.2) is 0 Å². The number of aryl methyl sites for hydroxylation is 1. The minimum Gasteiger partial charge on any atom is -0.372 e. The van der Waals surface area contributed by atoms with Crippen LogP contribution in [0.1, 0.15) is 34.6 Å². The molecule has 1 spiro atoms. The van der Waals surface area contributed by atoms with Gasteiger partial charge in [-0.1, -0.05) is 24.3 Å². The van der Waals surface area contributed by atoms with Crippen LogP contribution in [-0.2, 0) is 16.1 Å². The molecule has 6 heteroatoms. The van der Waals surface area contributed by atoms with Crippen LogP contribution in [0.4, 0.5) is 0 Å². The first-order chi connectivity index (χ1) is 14.1. The monoisotopic (exact) mass is 391 g/mol. The summed E-state index contributed by atoms with van der Waals surface area (Å²) in [6.07, 6.45) is 3.64. The summed E-state index contributed by atoms with van der Waals surface area (Å²) in [5.74, 6) is 0.0590. The molecule has 150 valence electrons. The topological polar surface area (TPSA) is 67.5 Å². The first kappa shape index (κ1) is 18.3. The molecule has 0 bridgehead atoms. The Bertz CT molecular complexity index is 1040. The largest absolute Gasteiger partial charge is 0.372 e. The number of nitrogens with zero attached hydrogens (tertiary/aromatic N) is 2. The van der Waals surface area contributed by atoms with Crippen molar-refractivity contribution in [2.75, 3.05) is 19.7 Å². The lowest BCUT2D eigenvalue weighted by atomic mass is 9.84. The Morgan fingerprint density at radius 1 is 1.28 bits per heavy atom. The predicted octanol–water partition coefficient (Wildman–Crippen LogP) is 3.46. The number of benzene rings is 1. The fourth-order valence-corrected chi connectivity index (χ4v) is 4.44. The Balaban J connectivity index is 1.20. The number of hydrogen-bond acceptors (Lipinski definition) is 4. The van der Waals surface area contributed by atoms with Crippen LogP contribution in [0.15, 0.2) is 48.7 Å². The van der Waals surface area contributed by atoms with Gasteiger partial charge in [0.25, 0.3) is 5.91 Å². The molecule has 1 N–H and O–H groups in total. The number of H-pyrrole nitrogens is 1. The number of amides is 1. The number of rotatable bonds is 4. The second-order valence-corrected chi connectivity index (χ2v) is 8.14. The standard InChI is InChI=1S/C23H25N3O3/c1-16-5-4-6-17(25-16)13-28-18-9-10-29-23(11-18)14-26(15-23)22(27)20-12-24-21-8-3-2-7-19(20)21/h2-8,12,18,24H,9-11,13-15H2,1H3/t18-/m0/s1. The van der Waals surface area contributed by atoms with Crippen LogP contribution in [0.2, 0.25) is 0 Å². The zero-order valence-electron chi connectivity index (χ0n) is 16.6. The Hall–Kier alpha value is -2.70. The maximum Gasteiger partial charge on any atom is 0.256 e. The summed E-state index contributed by atoms with van der Waals surface area (Å²) >= 11 is 0. The normalized spacial score (nSPS) is 20.7. The predicted molar refractivity (Wildman–Crippen MR) is 110 cm³/mol. The fourth-order valence-electron chi connectivity index (χ4n) is 4.44. The van der Waals surface area contributed by atoms with E-state index in [1.54, 1.807) is 6.20 Å². The third-order valence-electron chi connectivity index (χ3n) is 5.93. The highest BCUT2D eigenvalue weighted by atomic mass is 16.5. The van der Waals surface area contributed by atoms with Crippen LogP contribution in [0, 0.1) is 6.92 Å². The molecule has 0 radical (unpaired) electrons. The van der Waals surface area contributed by atoms with Gasteiger partial charge in [-0.05, 0) is 31.5 Å². The van der Waals surface area contributed by atoms with Crippen LogP contribution in [-0.4, -0.2) is 52.2 Å². The molecule has 1 amide bonds. The number of para-hydroxylation sites is 1. The van der Waals surface area contributed by atoms with E-state index in [1.165, 1.54) is 0 Å². The number of aromatic amines is 1. The van der Waals surface area contributed by atoms with Crippen molar-refractivity contribution in [3.8, 4) is 0 Å². The van der Waals surface area contributed by atoms with Gasteiger partial charge in [0.1, 0.15) is 5.60 Å². The van der Waals surface area contributed by atoms with Crippen LogP contribution in [0.3, 0.4) is 0 Å². The second kappa shape index (κ2) is 7.28. The summed E-state index contributed by atoms with van der Waals surface area (Å²) in [5.41, 5.74) is 3.39. The number of fused-ring (bicyclic) bond motifs is 1. The summed E-state index contributed by atoms with van der Waals surface area (Å²) in [6.45, 7) is 4.41. The average molecular weight is 391 g/mol. The summed E-state index contributed by atoms with van der Waals surface area (Å²) in [7, 11) is 0. The SMILES string of the molecule is Cc1cccc(CO[C@H]2CCOC3(C2)CN(C(=O)c2c[nH]c4ccccc24)C3)n1. The number of ether oxygens (including phenoxy) is 2. The quantitative estimate of drug-likeness (QED) is 0.740. The first-order valence-corrected chi connectivity index (χ1v) is 10.2. The lowest BCUT2D eigenvalue weighted by Crippen LogP contribution is -2.67. The molecule has 4 heterocycles. The minimum atomic E-state index is -0.273. The van der Waals surface area contributed by atoms with E-state index in [1.807, 2.05) is 54.3 Å². The van der Waals surface area contributed by atoms with Crippen molar-refractivity contribution < 1.29 is 14.3 Å². The number of carbonyl (C=O) groups excluding carboxylic acids is 1. The summed E-state index contributed by atoms with van der Waals surface area (Å²) in [6, 6.07) is 13.9. The Morgan fingerprint density at radius 2 is 2.14 bits per heavy atom. The number of nitrogens with one attached hydrogen (secondary N) is 1. The van der Waals surface area contributed by atoms with Crippen molar-refractivity contribution in [1.82, 2.24) is 14.9 Å². The van der Waals surface area contributed by atoms with E-state index in [2.05, 4.69) is 9.97 Å². The van der Waals surface area contributed by atoms with E-state index in [4.69, 9.17) is 9.47 Å². The first-order valence-electron chi connectivity index (χ1n) is 10.2. The highest BCUT2D eigenvalue weighted by Crippen LogP contribution is 2.37. The number of likely N-dealkylation sites (tertiary alicyclic amines) is 1. The summed E-state index contributed by atoms with van der Waals surface area (Å²) < 4.78 is 12.2. The molecule has 0 unspecified atom stereocenters. The van der Waals surface area contributed by atoms with Crippen LogP contribution in [0.25, 0.3) is 10.9 Å². The van der Waals surface area contributed by atoms with E-state index in [9.17, 15) is 4.79 Å². The number of aromatic nitrogens is 2.